The van der Waals surface area contributed by atoms with Gasteiger partial charge < -0.3 is 20.9 Å². The van der Waals surface area contributed by atoms with Crippen molar-refractivity contribution in [3.63, 3.8) is 0 Å². The third kappa shape index (κ3) is 5.96. The number of primary amides is 1. The van der Waals surface area contributed by atoms with Crippen LogP contribution in [0.15, 0.2) is 54.7 Å². The Balaban J connectivity index is 2.18. The van der Waals surface area contributed by atoms with Gasteiger partial charge in [-0.3, -0.25) is 0 Å². The van der Waals surface area contributed by atoms with E-state index in [0.717, 1.165) is 0 Å². The Hall–Kier alpha value is -3.33. The van der Waals surface area contributed by atoms with Crippen LogP contribution in [-0.2, 0) is 6.54 Å². The first-order valence-electron chi connectivity index (χ1n) is 11.0. The first kappa shape index (κ1) is 25.3. The average Bonchev–Trinajstić information content (AvgIpc) is 3.15. The number of nitrogens with two attached hydrogens (primary N) is 2. The summed E-state index contributed by atoms with van der Waals surface area (Å²) in [5.74, 6) is -0.397. The molecule has 1 aromatic heterocycles. The van der Waals surface area contributed by atoms with Gasteiger partial charge >= 0.3 is 6.03 Å². The highest BCUT2D eigenvalue weighted by molar-refractivity contribution is 5.73. The normalized spacial score (nSPS) is 13.5. The second-order valence-corrected chi connectivity index (χ2v) is 9.34. The van der Waals surface area contributed by atoms with Gasteiger partial charge in [-0.05, 0) is 35.2 Å². The molecule has 3 rings (SSSR count). The first-order valence-corrected chi connectivity index (χ1v) is 11.0. The van der Waals surface area contributed by atoms with Crippen molar-refractivity contribution >= 4 is 6.03 Å². The molecule has 9 heteroatoms. The number of rotatable bonds is 8. The van der Waals surface area contributed by atoms with Crippen LogP contribution in [0.5, 0.6) is 0 Å². The molecule has 2 unspecified atom stereocenters. The number of halogens is 3. The van der Waals surface area contributed by atoms with Gasteiger partial charge in [-0.1, -0.05) is 45.0 Å². The third-order valence-electron chi connectivity index (χ3n) is 5.48. The summed E-state index contributed by atoms with van der Waals surface area (Å²) in [7, 11) is 0. The number of imidazole rings is 1. The van der Waals surface area contributed by atoms with E-state index in [4.69, 9.17) is 16.5 Å². The number of hydrogen-bond acceptors (Lipinski definition) is 3. The van der Waals surface area contributed by atoms with Crippen LogP contribution in [0.1, 0.15) is 38.2 Å². The Kier molecular flexibility index (Phi) is 7.66. The number of nitrogens with zero attached hydrogens (tertiary/aromatic N) is 3. The number of amides is 2. The van der Waals surface area contributed by atoms with E-state index in [9.17, 15) is 18.0 Å². The van der Waals surface area contributed by atoms with Gasteiger partial charge in [0.15, 0.2) is 0 Å². The number of urea groups is 1. The summed E-state index contributed by atoms with van der Waals surface area (Å²) < 4.78 is 43.9. The van der Waals surface area contributed by atoms with E-state index in [1.807, 2.05) is 20.8 Å². The fourth-order valence-corrected chi connectivity index (χ4v) is 4.00. The SMILES string of the molecule is CC(C)(C)C(c1nc(-c2cccc(F)c2)cn1Cc1cccc(F)c1)N(CC(F)CN)C(N)=O. The van der Waals surface area contributed by atoms with Crippen molar-refractivity contribution in [2.24, 2.45) is 16.9 Å². The number of hydrogen-bond donors (Lipinski definition) is 2. The number of benzene rings is 2. The fraction of sp³-hybridized carbons (Fsp3) is 0.360. The van der Waals surface area contributed by atoms with Crippen molar-refractivity contribution < 1.29 is 18.0 Å². The molecule has 0 saturated carbocycles. The maximum absolute atomic E-state index is 14.3. The molecule has 2 amide bonds. The minimum absolute atomic E-state index is 0.227. The van der Waals surface area contributed by atoms with Crippen molar-refractivity contribution in [1.82, 2.24) is 14.5 Å². The zero-order valence-corrected chi connectivity index (χ0v) is 19.5. The molecular formula is C25H30F3N5O. The van der Waals surface area contributed by atoms with Gasteiger partial charge in [0, 0.05) is 24.8 Å². The zero-order valence-electron chi connectivity index (χ0n) is 19.5. The molecule has 0 bridgehead atoms. The van der Waals surface area contributed by atoms with E-state index in [2.05, 4.69) is 0 Å². The summed E-state index contributed by atoms with van der Waals surface area (Å²) in [6, 6.07) is 10.5. The lowest BCUT2D eigenvalue weighted by Crippen LogP contribution is -2.48. The lowest BCUT2D eigenvalue weighted by Gasteiger charge is -2.39. The van der Waals surface area contributed by atoms with Crippen LogP contribution >= 0.6 is 0 Å². The van der Waals surface area contributed by atoms with Crippen LogP contribution < -0.4 is 11.5 Å². The van der Waals surface area contributed by atoms with E-state index >= 15 is 0 Å². The summed E-state index contributed by atoms with van der Waals surface area (Å²) in [6.07, 6.45) is 0.231. The standard InChI is InChI=1S/C25H30F3N5O/c1-25(2,3)22(33(24(30)34)14-20(28)12-29)23-31-21(17-7-5-9-19(27)11-17)15-32(23)13-16-6-4-8-18(26)10-16/h4-11,15,20,22H,12-14,29H2,1-3H3,(H2,30,34). The molecule has 4 N–H and O–H groups in total. The molecule has 0 radical (unpaired) electrons. The maximum atomic E-state index is 14.3. The highest BCUT2D eigenvalue weighted by Gasteiger charge is 2.38. The van der Waals surface area contributed by atoms with E-state index in [0.29, 0.717) is 22.6 Å². The molecule has 6 nitrogen and oxygen atoms in total. The monoisotopic (exact) mass is 473 g/mol. The van der Waals surface area contributed by atoms with Gasteiger partial charge in [0.1, 0.15) is 23.6 Å². The number of aromatic nitrogens is 2. The van der Waals surface area contributed by atoms with Crippen LogP contribution in [0.4, 0.5) is 18.0 Å². The van der Waals surface area contributed by atoms with Crippen molar-refractivity contribution in [2.75, 3.05) is 13.1 Å². The second-order valence-electron chi connectivity index (χ2n) is 9.34. The Morgan fingerprint density at radius 3 is 2.32 bits per heavy atom. The molecule has 1 heterocycles. The van der Waals surface area contributed by atoms with Crippen LogP contribution in [0.3, 0.4) is 0 Å². The van der Waals surface area contributed by atoms with Gasteiger partial charge in [0.05, 0.1) is 18.3 Å². The summed E-state index contributed by atoms with van der Waals surface area (Å²) in [5, 5.41) is 0. The maximum Gasteiger partial charge on any atom is 0.315 e. The second kappa shape index (κ2) is 10.3. The summed E-state index contributed by atoms with van der Waals surface area (Å²) in [4.78, 5) is 18.4. The molecule has 2 aromatic carbocycles. The molecule has 182 valence electrons. The minimum atomic E-state index is -1.48. The van der Waals surface area contributed by atoms with Crippen LogP contribution in [0, 0.1) is 17.0 Å². The highest BCUT2D eigenvalue weighted by atomic mass is 19.1. The van der Waals surface area contributed by atoms with E-state index in [1.54, 1.807) is 35.0 Å². The van der Waals surface area contributed by atoms with Crippen LogP contribution in [0.25, 0.3) is 11.3 Å². The number of alkyl halides is 1. The molecule has 2 atom stereocenters. The summed E-state index contributed by atoms with van der Waals surface area (Å²) >= 11 is 0. The van der Waals surface area contributed by atoms with Crippen molar-refractivity contribution in [3.8, 4) is 11.3 Å². The molecule has 0 aliphatic carbocycles. The van der Waals surface area contributed by atoms with Gasteiger partial charge in [0.2, 0.25) is 0 Å². The predicted octanol–water partition coefficient (Wildman–Crippen LogP) is 4.64. The lowest BCUT2D eigenvalue weighted by atomic mass is 9.84. The first-order chi connectivity index (χ1) is 16.0. The van der Waals surface area contributed by atoms with Crippen LogP contribution in [0.2, 0.25) is 0 Å². The fourth-order valence-electron chi connectivity index (χ4n) is 4.00. The van der Waals surface area contributed by atoms with Crippen molar-refractivity contribution in [3.05, 3.63) is 77.8 Å². The molecule has 0 spiro atoms. The number of carbonyl (C=O) groups is 1. The Labute approximate surface area is 197 Å². The summed E-state index contributed by atoms with van der Waals surface area (Å²) in [6.45, 7) is 5.29. The Morgan fingerprint density at radius 1 is 1.12 bits per heavy atom. The molecule has 0 aliphatic rings. The van der Waals surface area contributed by atoms with Gasteiger partial charge in [0.25, 0.3) is 0 Å². The van der Waals surface area contributed by atoms with Gasteiger partial charge in [-0.2, -0.15) is 0 Å². The summed E-state index contributed by atoms with van der Waals surface area (Å²) in [5.41, 5.74) is 12.2. The number of carbonyl (C=O) groups excluding carboxylic acids is 1. The zero-order chi connectivity index (χ0) is 25.0. The van der Waals surface area contributed by atoms with Crippen molar-refractivity contribution in [2.45, 2.75) is 39.5 Å². The predicted molar refractivity (Wildman–Crippen MR) is 126 cm³/mol. The van der Waals surface area contributed by atoms with Gasteiger partial charge in [-0.25, -0.2) is 22.9 Å². The molecule has 3 aromatic rings. The van der Waals surface area contributed by atoms with E-state index < -0.39 is 29.5 Å². The molecular weight excluding hydrogens is 443 g/mol. The minimum Gasteiger partial charge on any atom is -0.351 e. The Morgan fingerprint density at radius 2 is 1.76 bits per heavy atom. The third-order valence-corrected chi connectivity index (χ3v) is 5.48. The molecule has 0 fully saturated rings. The van der Waals surface area contributed by atoms with E-state index in [1.165, 1.54) is 29.2 Å². The van der Waals surface area contributed by atoms with Crippen molar-refractivity contribution in [1.29, 1.82) is 0 Å². The largest absolute Gasteiger partial charge is 0.351 e. The lowest BCUT2D eigenvalue weighted by molar-refractivity contribution is 0.0937. The molecule has 0 saturated heterocycles. The topological polar surface area (TPSA) is 90.2 Å². The smallest absolute Gasteiger partial charge is 0.315 e. The van der Waals surface area contributed by atoms with Crippen LogP contribution in [-0.4, -0.2) is 39.7 Å². The van der Waals surface area contributed by atoms with Gasteiger partial charge in [-0.15, -0.1) is 0 Å². The average molecular weight is 474 g/mol. The Bertz CT molecular complexity index is 1140. The molecule has 0 aliphatic heterocycles. The quantitative estimate of drug-likeness (QED) is 0.499. The molecule has 34 heavy (non-hydrogen) atoms. The van der Waals surface area contributed by atoms with E-state index in [-0.39, 0.29) is 25.5 Å². The highest BCUT2D eigenvalue weighted by Crippen LogP contribution is 2.39.